The lowest BCUT2D eigenvalue weighted by Gasteiger charge is -2.29. The van der Waals surface area contributed by atoms with Gasteiger partial charge in [-0.25, -0.2) is 4.79 Å². The molecule has 0 aliphatic carbocycles. The van der Waals surface area contributed by atoms with Crippen LogP contribution in [0.3, 0.4) is 0 Å². The smallest absolute Gasteiger partial charge is 0.341 e. The van der Waals surface area contributed by atoms with Crippen LogP contribution < -0.4 is 5.32 Å². The van der Waals surface area contributed by atoms with Gasteiger partial charge in [-0.05, 0) is 38.8 Å². The minimum Gasteiger partial charge on any atom is -0.462 e. The predicted molar refractivity (Wildman–Crippen MR) is 111 cm³/mol. The van der Waals surface area contributed by atoms with Gasteiger partial charge in [0.15, 0.2) is 0 Å². The first-order valence-corrected chi connectivity index (χ1v) is 10.4. The topological polar surface area (TPSA) is 78.9 Å². The number of aryl methyl sites for hydroxylation is 1. The average Bonchev–Trinajstić information content (AvgIpc) is 2.98. The van der Waals surface area contributed by atoms with E-state index in [-0.39, 0.29) is 25.2 Å². The van der Waals surface area contributed by atoms with Crippen LogP contribution in [0, 0.1) is 6.92 Å². The Morgan fingerprint density at radius 1 is 1.32 bits per heavy atom. The maximum atomic E-state index is 12.7. The van der Waals surface area contributed by atoms with Crippen LogP contribution >= 0.6 is 11.3 Å². The van der Waals surface area contributed by atoms with E-state index in [9.17, 15) is 14.7 Å². The Morgan fingerprint density at radius 3 is 2.75 bits per heavy atom. The van der Waals surface area contributed by atoms with Gasteiger partial charge in [-0.15, -0.1) is 11.3 Å². The fourth-order valence-electron chi connectivity index (χ4n) is 3.53. The van der Waals surface area contributed by atoms with E-state index in [1.54, 1.807) is 6.92 Å². The molecule has 7 heteroatoms. The van der Waals surface area contributed by atoms with Crippen LogP contribution in [0.25, 0.3) is 11.1 Å². The molecule has 1 amide bonds. The Labute approximate surface area is 169 Å². The summed E-state index contributed by atoms with van der Waals surface area (Å²) in [4.78, 5) is 28.2. The monoisotopic (exact) mass is 402 g/mol. The lowest BCUT2D eigenvalue weighted by Crippen LogP contribution is -2.42. The van der Waals surface area contributed by atoms with Crippen LogP contribution in [0.15, 0.2) is 30.3 Å². The van der Waals surface area contributed by atoms with Crippen molar-refractivity contribution in [1.82, 2.24) is 4.90 Å². The van der Waals surface area contributed by atoms with Crippen LogP contribution in [0.2, 0.25) is 0 Å². The zero-order valence-electron chi connectivity index (χ0n) is 16.2. The van der Waals surface area contributed by atoms with E-state index in [4.69, 9.17) is 4.74 Å². The summed E-state index contributed by atoms with van der Waals surface area (Å²) in [5, 5.41) is 13.2. The largest absolute Gasteiger partial charge is 0.462 e. The van der Waals surface area contributed by atoms with Crippen LogP contribution in [0.5, 0.6) is 0 Å². The molecular formula is C21H26N2O4S. The fourth-order valence-corrected chi connectivity index (χ4v) is 4.61. The van der Waals surface area contributed by atoms with Crippen molar-refractivity contribution < 1.29 is 19.4 Å². The van der Waals surface area contributed by atoms with Gasteiger partial charge in [-0.1, -0.05) is 30.3 Å². The second kappa shape index (κ2) is 9.32. The number of rotatable bonds is 6. The van der Waals surface area contributed by atoms with Gasteiger partial charge < -0.3 is 15.2 Å². The highest BCUT2D eigenvalue weighted by atomic mass is 32.1. The Hall–Kier alpha value is -2.22. The molecule has 2 N–H and O–H groups in total. The van der Waals surface area contributed by atoms with Crippen molar-refractivity contribution >= 4 is 28.2 Å². The van der Waals surface area contributed by atoms with Gasteiger partial charge in [-0.3, -0.25) is 9.69 Å². The van der Waals surface area contributed by atoms with E-state index < -0.39 is 5.97 Å². The number of piperidine rings is 1. The van der Waals surface area contributed by atoms with Gasteiger partial charge in [0.2, 0.25) is 5.91 Å². The van der Waals surface area contributed by atoms with Crippen molar-refractivity contribution in [1.29, 1.82) is 0 Å². The molecule has 3 rings (SSSR count). The molecule has 0 spiro atoms. The second-order valence-corrected chi connectivity index (χ2v) is 8.13. The molecule has 1 aliphatic rings. The first-order chi connectivity index (χ1) is 13.5. The molecule has 0 bridgehead atoms. The highest BCUT2D eigenvalue weighted by Gasteiger charge is 2.26. The fraction of sp³-hybridized carbons (Fsp3) is 0.429. The number of anilines is 1. The van der Waals surface area contributed by atoms with Gasteiger partial charge in [0.25, 0.3) is 0 Å². The molecular weight excluding hydrogens is 376 g/mol. The molecule has 2 heterocycles. The standard InChI is InChI=1S/C21H26N2O4S/c1-3-27-21(26)19-18(15-8-5-4-6-9-15)14(2)28-20(19)22-17(25)13-23-11-7-10-16(24)12-23/h4-6,8-9,16,24H,3,7,10-13H2,1-2H3,(H,22,25). The number of amides is 1. The number of benzene rings is 1. The summed E-state index contributed by atoms with van der Waals surface area (Å²) in [6.45, 7) is 5.44. The molecule has 6 nitrogen and oxygen atoms in total. The number of hydrogen-bond acceptors (Lipinski definition) is 6. The molecule has 0 saturated carbocycles. The maximum Gasteiger partial charge on any atom is 0.341 e. The number of nitrogens with zero attached hydrogens (tertiary/aromatic N) is 1. The van der Waals surface area contributed by atoms with Gasteiger partial charge in [0, 0.05) is 17.0 Å². The number of β-amino-alcohol motifs (C(OH)–C–C–N with tert-alkyl or cyclic N) is 1. The van der Waals surface area contributed by atoms with Crippen molar-refractivity contribution in [3.63, 3.8) is 0 Å². The molecule has 1 fully saturated rings. The number of carbonyl (C=O) groups excluding carboxylic acids is 2. The Balaban J connectivity index is 1.86. The zero-order chi connectivity index (χ0) is 20.1. The van der Waals surface area contributed by atoms with E-state index in [1.807, 2.05) is 42.2 Å². The van der Waals surface area contributed by atoms with Crippen LogP contribution in [-0.2, 0) is 9.53 Å². The maximum absolute atomic E-state index is 12.7. The number of nitrogens with one attached hydrogen (secondary N) is 1. The van der Waals surface area contributed by atoms with E-state index in [1.165, 1.54) is 11.3 Å². The van der Waals surface area contributed by atoms with E-state index >= 15 is 0 Å². The van der Waals surface area contributed by atoms with Crippen molar-refractivity contribution in [2.24, 2.45) is 0 Å². The number of thiophene rings is 1. The molecule has 0 radical (unpaired) electrons. The molecule has 2 aromatic rings. The van der Waals surface area contributed by atoms with Crippen molar-refractivity contribution in [2.45, 2.75) is 32.8 Å². The third-order valence-corrected chi connectivity index (χ3v) is 5.75. The van der Waals surface area contributed by atoms with Gasteiger partial charge >= 0.3 is 5.97 Å². The number of hydrogen-bond donors (Lipinski definition) is 2. The molecule has 1 atom stereocenters. The first-order valence-electron chi connectivity index (χ1n) is 9.55. The molecule has 1 unspecified atom stereocenters. The second-order valence-electron chi connectivity index (χ2n) is 6.90. The summed E-state index contributed by atoms with van der Waals surface area (Å²) in [6, 6.07) is 9.64. The third kappa shape index (κ3) is 4.79. The Morgan fingerprint density at radius 2 is 2.07 bits per heavy atom. The summed E-state index contributed by atoms with van der Waals surface area (Å²) in [5.74, 6) is -0.630. The average molecular weight is 403 g/mol. The Bertz CT molecular complexity index is 834. The summed E-state index contributed by atoms with van der Waals surface area (Å²) >= 11 is 1.38. The summed E-state index contributed by atoms with van der Waals surface area (Å²) in [5.41, 5.74) is 2.12. The summed E-state index contributed by atoms with van der Waals surface area (Å²) in [7, 11) is 0. The third-order valence-electron chi connectivity index (χ3n) is 4.73. The molecule has 1 aliphatic heterocycles. The molecule has 150 valence electrons. The number of likely N-dealkylation sites (tertiary alicyclic amines) is 1. The van der Waals surface area contributed by atoms with Crippen LogP contribution in [0.4, 0.5) is 5.00 Å². The van der Waals surface area contributed by atoms with Crippen molar-refractivity contribution in [2.75, 3.05) is 31.6 Å². The summed E-state index contributed by atoms with van der Waals surface area (Å²) < 4.78 is 5.26. The number of esters is 1. The van der Waals surface area contributed by atoms with Gasteiger partial charge in [0.05, 0.1) is 19.3 Å². The minimum absolute atomic E-state index is 0.191. The Kier molecular flexibility index (Phi) is 6.83. The predicted octanol–water partition coefficient (Wildman–Crippen LogP) is 3.30. The summed E-state index contributed by atoms with van der Waals surface area (Å²) in [6.07, 6.45) is 1.26. The lowest BCUT2D eigenvalue weighted by atomic mass is 10.0. The number of ether oxygens (including phenoxy) is 1. The van der Waals surface area contributed by atoms with E-state index in [0.29, 0.717) is 17.1 Å². The molecule has 1 saturated heterocycles. The SMILES string of the molecule is CCOC(=O)c1c(NC(=O)CN2CCCC(O)C2)sc(C)c1-c1ccccc1. The molecule has 1 aromatic carbocycles. The molecule has 28 heavy (non-hydrogen) atoms. The van der Waals surface area contributed by atoms with E-state index in [2.05, 4.69) is 5.32 Å². The minimum atomic E-state index is -0.436. The van der Waals surface area contributed by atoms with Crippen molar-refractivity contribution in [3.05, 3.63) is 40.8 Å². The van der Waals surface area contributed by atoms with E-state index in [0.717, 1.165) is 35.4 Å². The molecule has 1 aromatic heterocycles. The first kappa shape index (κ1) is 20.5. The zero-order valence-corrected chi connectivity index (χ0v) is 17.1. The number of aliphatic hydroxyl groups excluding tert-OH is 1. The highest BCUT2D eigenvalue weighted by Crippen LogP contribution is 2.40. The van der Waals surface area contributed by atoms with Crippen molar-refractivity contribution in [3.8, 4) is 11.1 Å². The lowest BCUT2D eigenvalue weighted by molar-refractivity contribution is -0.117. The van der Waals surface area contributed by atoms with Gasteiger partial charge in [0.1, 0.15) is 10.6 Å². The van der Waals surface area contributed by atoms with Crippen LogP contribution in [-0.4, -0.2) is 54.2 Å². The van der Waals surface area contributed by atoms with Crippen LogP contribution in [0.1, 0.15) is 35.0 Å². The highest BCUT2D eigenvalue weighted by molar-refractivity contribution is 7.17. The van der Waals surface area contributed by atoms with Gasteiger partial charge in [-0.2, -0.15) is 0 Å². The number of carbonyl (C=O) groups is 2. The normalized spacial score (nSPS) is 17.3. The number of aliphatic hydroxyl groups is 1. The quantitative estimate of drug-likeness (QED) is 0.725.